The highest BCUT2D eigenvalue weighted by Gasteiger charge is 2.38. The van der Waals surface area contributed by atoms with Crippen LogP contribution in [0.5, 0.6) is 0 Å². The van der Waals surface area contributed by atoms with Crippen molar-refractivity contribution >= 4 is 0 Å². The second-order valence-corrected chi connectivity index (χ2v) is 6.19. The third kappa shape index (κ3) is 2.70. The first-order chi connectivity index (χ1) is 5.86. The smallest absolute Gasteiger partial charge is 0.0837 e. The van der Waals surface area contributed by atoms with E-state index in [1.54, 1.807) is 0 Å². The van der Waals surface area contributed by atoms with Crippen LogP contribution in [0.15, 0.2) is 0 Å². The van der Waals surface area contributed by atoms with Gasteiger partial charge in [-0.15, -0.1) is 0 Å². The van der Waals surface area contributed by atoms with E-state index in [0.717, 1.165) is 6.04 Å². The average molecular weight is 184 g/mol. The van der Waals surface area contributed by atoms with Crippen LogP contribution in [0.2, 0.25) is 0 Å². The van der Waals surface area contributed by atoms with E-state index in [1.807, 2.05) is 0 Å². The Morgan fingerprint density at radius 3 is 1.85 bits per heavy atom. The van der Waals surface area contributed by atoms with Gasteiger partial charge in [-0.1, -0.05) is 20.8 Å². The lowest BCUT2D eigenvalue weighted by Crippen LogP contribution is -2.54. The van der Waals surface area contributed by atoms with Gasteiger partial charge in [0.2, 0.25) is 0 Å². The first-order valence-corrected chi connectivity index (χ1v) is 5.72. The lowest BCUT2D eigenvalue weighted by atomic mass is 9.94. The molecule has 1 saturated heterocycles. The van der Waals surface area contributed by atoms with E-state index in [4.69, 9.17) is 0 Å². The lowest BCUT2D eigenvalue weighted by Gasteiger charge is -2.42. The summed E-state index contributed by atoms with van der Waals surface area (Å²) in [6.45, 7) is 16.1. The monoisotopic (exact) mass is 184 g/mol. The molecule has 13 heavy (non-hydrogen) atoms. The van der Waals surface area contributed by atoms with Gasteiger partial charge in [0, 0.05) is 18.3 Å². The highest BCUT2D eigenvalue weighted by Crippen LogP contribution is 2.29. The molecule has 1 heteroatoms. The summed E-state index contributed by atoms with van der Waals surface area (Å²) in [5, 5.41) is 0. The van der Waals surface area contributed by atoms with Gasteiger partial charge in [-0.3, -0.25) is 0 Å². The van der Waals surface area contributed by atoms with Crippen LogP contribution in [-0.2, 0) is 0 Å². The molecule has 0 aromatic heterocycles. The SMILES string of the molecule is CC(C)[N+]1(CC(C)(C)C)CCCC1. The Morgan fingerprint density at radius 2 is 1.54 bits per heavy atom. The van der Waals surface area contributed by atoms with Crippen LogP contribution in [0.3, 0.4) is 0 Å². The highest BCUT2D eigenvalue weighted by atomic mass is 15.4. The molecule has 0 saturated carbocycles. The number of likely N-dealkylation sites (tertiary alicyclic amines) is 1. The third-order valence-electron chi connectivity index (χ3n) is 3.34. The van der Waals surface area contributed by atoms with Crippen LogP contribution >= 0.6 is 0 Å². The Hall–Kier alpha value is -0.0400. The van der Waals surface area contributed by atoms with Crippen LogP contribution in [0, 0.1) is 5.41 Å². The minimum Gasteiger partial charge on any atom is -0.321 e. The Kier molecular flexibility index (Phi) is 3.06. The largest absolute Gasteiger partial charge is 0.321 e. The summed E-state index contributed by atoms with van der Waals surface area (Å²) in [4.78, 5) is 0. The van der Waals surface area contributed by atoms with E-state index in [9.17, 15) is 0 Å². The average Bonchev–Trinajstić information content (AvgIpc) is 2.33. The van der Waals surface area contributed by atoms with Crippen LogP contribution < -0.4 is 0 Å². The van der Waals surface area contributed by atoms with Gasteiger partial charge in [0.05, 0.1) is 25.7 Å². The predicted octanol–water partition coefficient (Wildman–Crippen LogP) is 3.05. The molecule has 0 aromatic rings. The minimum atomic E-state index is 0.481. The van der Waals surface area contributed by atoms with E-state index < -0.39 is 0 Å². The van der Waals surface area contributed by atoms with Crippen molar-refractivity contribution < 1.29 is 4.48 Å². The van der Waals surface area contributed by atoms with Crippen LogP contribution in [0.25, 0.3) is 0 Å². The van der Waals surface area contributed by atoms with Gasteiger partial charge >= 0.3 is 0 Å². The maximum absolute atomic E-state index is 2.39. The zero-order chi connectivity index (χ0) is 10.1. The summed E-state index contributed by atoms with van der Waals surface area (Å²) in [5.74, 6) is 0. The van der Waals surface area contributed by atoms with Crippen LogP contribution in [0.1, 0.15) is 47.5 Å². The van der Waals surface area contributed by atoms with E-state index in [2.05, 4.69) is 34.6 Å². The second kappa shape index (κ2) is 3.61. The second-order valence-electron chi connectivity index (χ2n) is 6.19. The van der Waals surface area contributed by atoms with Gasteiger partial charge in [-0.2, -0.15) is 0 Å². The van der Waals surface area contributed by atoms with Gasteiger partial charge < -0.3 is 4.48 Å². The standard InChI is InChI=1S/C12H26N/c1-11(2)13(8-6-7-9-13)10-12(3,4)5/h11H,6-10H2,1-5H3/q+1. The molecule has 1 fully saturated rings. The molecular formula is C12H26N+. The molecule has 0 atom stereocenters. The van der Waals surface area contributed by atoms with Crippen LogP contribution in [-0.4, -0.2) is 30.2 Å². The van der Waals surface area contributed by atoms with Crippen molar-refractivity contribution in [2.45, 2.75) is 53.5 Å². The summed E-state index contributed by atoms with van der Waals surface area (Å²) >= 11 is 0. The molecule has 0 amide bonds. The number of hydrogen-bond acceptors (Lipinski definition) is 0. The Bertz CT molecular complexity index is 158. The molecule has 1 rings (SSSR count). The van der Waals surface area contributed by atoms with E-state index in [-0.39, 0.29) is 0 Å². The van der Waals surface area contributed by atoms with E-state index in [0.29, 0.717) is 5.41 Å². The van der Waals surface area contributed by atoms with Crippen molar-refractivity contribution in [3.63, 3.8) is 0 Å². The first-order valence-electron chi connectivity index (χ1n) is 5.72. The molecule has 0 unspecified atom stereocenters. The van der Waals surface area contributed by atoms with Crippen molar-refractivity contribution in [3.05, 3.63) is 0 Å². The van der Waals surface area contributed by atoms with Crippen molar-refractivity contribution in [2.75, 3.05) is 19.6 Å². The number of quaternary nitrogens is 1. The molecule has 0 aliphatic carbocycles. The maximum Gasteiger partial charge on any atom is 0.0837 e. The van der Waals surface area contributed by atoms with Gasteiger partial charge in [0.1, 0.15) is 0 Å². The summed E-state index contributed by atoms with van der Waals surface area (Å²) in [5.41, 5.74) is 0.481. The molecule has 0 N–H and O–H groups in total. The lowest BCUT2D eigenvalue weighted by molar-refractivity contribution is -0.942. The molecule has 1 nitrogen and oxygen atoms in total. The quantitative estimate of drug-likeness (QED) is 0.579. The normalized spacial score (nSPS) is 22.6. The Morgan fingerprint density at radius 1 is 1.08 bits per heavy atom. The molecule has 0 bridgehead atoms. The zero-order valence-electron chi connectivity index (χ0n) is 10.1. The topological polar surface area (TPSA) is 0 Å². The molecule has 0 spiro atoms. The summed E-state index contributed by atoms with van der Waals surface area (Å²) < 4.78 is 1.36. The van der Waals surface area contributed by atoms with Crippen LogP contribution in [0.4, 0.5) is 0 Å². The molecule has 0 radical (unpaired) electrons. The molecule has 1 aliphatic rings. The van der Waals surface area contributed by atoms with Gasteiger partial charge in [0.15, 0.2) is 0 Å². The highest BCUT2D eigenvalue weighted by molar-refractivity contribution is 4.66. The number of rotatable bonds is 2. The number of nitrogens with zero attached hydrogens (tertiary/aromatic N) is 1. The maximum atomic E-state index is 2.39. The zero-order valence-corrected chi connectivity index (χ0v) is 10.1. The van der Waals surface area contributed by atoms with Crippen molar-refractivity contribution in [3.8, 4) is 0 Å². The summed E-state index contributed by atoms with van der Waals surface area (Å²) in [7, 11) is 0. The third-order valence-corrected chi connectivity index (χ3v) is 3.34. The van der Waals surface area contributed by atoms with Gasteiger partial charge in [-0.05, 0) is 13.8 Å². The van der Waals surface area contributed by atoms with Gasteiger partial charge in [0.25, 0.3) is 0 Å². The van der Waals surface area contributed by atoms with Crippen molar-refractivity contribution in [1.82, 2.24) is 0 Å². The predicted molar refractivity (Wildman–Crippen MR) is 58.7 cm³/mol. The molecule has 1 heterocycles. The van der Waals surface area contributed by atoms with Crippen molar-refractivity contribution in [1.29, 1.82) is 0 Å². The molecule has 78 valence electrons. The minimum absolute atomic E-state index is 0.481. The Balaban J connectivity index is 2.68. The fourth-order valence-electron chi connectivity index (χ4n) is 2.77. The molecule has 1 aliphatic heterocycles. The fourth-order valence-corrected chi connectivity index (χ4v) is 2.77. The summed E-state index contributed by atoms with van der Waals surface area (Å²) in [6, 6.07) is 0.807. The van der Waals surface area contributed by atoms with E-state index >= 15 is 0 Å². The number of hydrogen-bond donors (Lipinski definition) is 0. The summed E-state index contributed by atoms with van der Waals surface area (Å²) in [6.07, 6.45) is 2.88. The fraction of sp³-hybridized carbons (Fsp3) is 1.00. The first kappa shape index (κ1) is 11.0. The van der Waals surface area contributed by atoms with Gasteiger partial charge in [-0.25, -0.2) is 0 Å². The Labute approximate surface area is 83.7 Å². The van der Waals surface area contributed by atoms with Crippen molar-refractivity contribution in [2.24, 2.45) is 5.41 Å². The molecule has 0 aromatic carbocycles. The molecular weight excluding hydrogens is 158 g/mol. The van der Waals surface area contributed by atoms with E-state index in [1.165, 1.54) is 37.0 Å².